The van der Waals surface area contributed by atoms with Gasteiger partial charge in [0, 0.05) is 28.7 Å². The Balaban J connectivity index is 0.000000181. The van der Waals surface area contributed by atoms with Crippen LogP contribution in [-0.4, -0.2) is 28.3 Å². The lowest BCUT2D eigenvalue weighted by Crippen LogP contribution is -2.41. The van der Waals surface area contributed by atoms with Gasteiger partial charge < -0.3 is 9.31 Å². The number of nitrogens with zero attached hydrogens (tertiary/aromatic N) is 4. The van der Waals surface area contributed by atoms with Gasteiger partial charge in [-0.15, -0.1) is 0 Å². The lowest BCUT2D eigenvalue weighted by Gasteiger charge is -2.32. The molecule has 1 aliphatic heterocycles. The van der Waals surface area contributed by atoms with Crippen molar-refractivity contribution in [2.75, 3.05) is 0 Å². The zero-order chi connectivity index (χ0) is 31.1. The first kappa shape index (κ1) is 32.2. The Morgan fingerprint density at radius 3 is 1.76 bits per heavy atom. The van der Waals surface area contributed by atoms with Crippen molar-refractivity contribution in [3.63, 3.8) is 0 Å². The predicted molar refractivity (Wildman–Crippen MR) is 150 cm³/mol. The molecule has 42 heavy (non-hydrogen) atoms. The summed E-state index contributed by atoms with van der Waals surface area (Å²) in [7, 11) is -0.462. The van der Waals surface area contributed by atoms with Crippen LogP contribution in [0.5, 0.6) is 0 Å². The lowest BCUT2D eigenvalue weighted by molar-refractivity contribution is 0.00578. The van der Waals surface area contributed by atoms with Crippen LogP contribution in [0.1, 0.15) is 38.8 Å². The Labute approximate surface area is 246 Å². The van der Waals surface area contributed by atoms with E-state index < -0.39 is 30.6 Å². The van der Waals surface area contributed by atoms with Gasteiger partial charge in [0.2, 0.25) is 11.9 Å². The van der Waals surface area contributed by atoms with Crippen molar-refractivity contribution in [2.45, 2.75) is 38.9 Å². The SMILES string of the molecule is CC1(C)OB(c2ccccc2C#N)OC1(C)C.Fc1cc(Cl)c(F)cn1.N#Cc1ccccc1-c1cc(F)ncc1F. The average molecular weight is 595 g/mol. The second kappa shape index (κ2) is 13.6. The summed E-state index contributed by atoms with van der Waals surface area (Å²) >= 11 is 5.16. The molecule has 1 fully saturated rings. The van der Waals surface area contributed by atoms with Gasteiger partial charge in [-0.3, -0.25) is 0 Å². The second-order valence-corrected chi connectivity index (χ2v) is 10.3. The molecule has 0 atom stereocenters. The quantitative estimate of drug-likeness (QED) is 0.145. The number of hydrogen-bond acceptors (Lipinski definition) is 6. The molecule has 5 rings (SSSR count). The minimum Gasteiger partial charge on any atom is -0.399 e. The number of nitriles is 2. The third kappa shape index (κ3) is 7.71. The number of hydrogen-bond donors (Lipinski definition) is 0. The molecule has 0 radical (unpaired) electrons. The highest BCUT2D eigenvalue weighted by molar-refractivity contribution is 6.62. The molecule has 1 saturated heterocycles. The summed E-state index contributed by atoms with van der Waals surface area (Å²) < 4.78 is 62.3. The minimum absolute atomic E-state index is 0.0460. The van der Waals surface area contributed by atoms with Crippen LogP contribution in [0.15, 0.2) is 73.1 Å². The van der Waals surface area contributed by atoms with Crippen LogP contribution in [0, 0.1) is 46.2 Å². The smallest absolute Gasteiger partial charge is 0.399 e. The number of rotatable bonds is 2. The third-order valence-corrected chi connectivity index (χ3v) is 6.81. The fourth-order valence-electron chi connectivity index (χ4n) is 3.60. The topological polar surface area (TPSA) is 91.8 Å². The summed E-state index contributed by atoms with van der Waals surface area (Å²) in [6.45, 7) is 8.01. The molecule has 1 aliphatic rings. The van der Waals surface area contributed by atoms with E-state index in [1.54, 1.807) is 30.3 Å². The van der Waals surface area contributed by atoms with Crippen LogP contribution in [0.25, 0.3) is 11.1 Å². The molecule has 0 aliphatic carbocycles. The van der Waals surface area contributed by atoms with Crippen molar-refractivity contribution in [2.24, 2.45) is 0 Å². The highest BCUT2D eigenvalue weighted by Crippen LogP contribution is 2.36. The molecule has 4 aromatic rings. The van der Waals surface area contributed by atoms with Crippen LogP contribution < -0.4 is 5.46 Å². The fourth-order valence-corrected chi connectivity index (χ4v) is 3.74. The molecule has 0 amide bonds. The largest absolute Gasteiger partial charge is 0.496 e. The van der Waals surface area contributed by atoms with Crippen molar-refractivity contribution in [3.8, 4) is 23.3 Å². The van der Waals surface area contributed by atoms with E-state index in [1.165, 1.54) is 0 Å². The Morgan fingerprint density at radius 1 is 0.714 bits per heavy atom. The van der Waals surface area contributed by atoms with Gasteiger partial charge in [-0.1, -0.05) is 48.0 Å². The first-order valence-electron chi connectivity index (χ1n) is 12.4. The van der Waals surface area contributed by atoms with Gasteiger partial charge in [-0.05, 0) is 39.8 Å². The molecule has 12 heteroatoms. The van der Waals surface area contributed by atoms with Crippen LogP contribution in [0.4, 0.5) is 17.6 Å². The normalized spacial score (nSPS) is 14.4. The van der Waals surface area contributed by atoms with Gasteiger partial charge in [0.05, 0.1) is 51.9 Å². The third-order valence-electron chi connectivity index (χ3n) is 6.52. The summed E-state index contributed by atoms with van der Waals surface area (Å²) in [5, 5.41) is 17.7. The highest BCUT2D eigenvalue weighted by Gasteiger charge is 2.52. The zero-order valence-corrected chi connectivity index (χ0v) is 23.8. The van der Waals surface area contributed by atoms with Crippen molar-refractivity contribution < 1.29 is 26.9 Å². The molecule has 0 unspecified atom stereocenters. The number of aromatic nitrogens is 2. The molecular weight excluding hydrogens is 571 g/mol. The van der Waals surface area contributed by atoms with E-state index in [-0.39, 0.29) is 21.8 Å². The van der Waals surface area contributed by atoms with E-state index in [2.05, 4.69) is 16.0 Å². The average Bonchev–Trinajstić information content (AvgIpc) is 3.19. The molecule has 214 valence electrons. The number of benzene rings is 2. The van der Waals surface area contributed by atoms with Gasteiger partial charge in [0.15, 0.2) is 5.82 Å². The Kier molecular flexibility index (Phi) is 10.4. The van der Waals surface area contributed by atoms with E-state index in [0.717, 1.165) is 30.0 Å². The fraction of sp³-hybridized carbons (Fsp3) is 0.200. The molecule has 6 nitrogen and oxygen atoms in total. The van der Waals surface area contributed by atoms with Crippen molar-refractivity contribution in [3.05, 3.63) is 113 Å². The summed E-state index contributed by atoms with van der Waals surface area (Å²) in [4.78, 5) is 6.21. The molecule has 0 bridgehead atoms. The number of halogens is 5. The molecule has 0 saturated carbocycles. The van der Waals surface area contributed by atoms with E-state index in [9.17, 15) is 17.6 Å². The maximum Gasteiger partial charge on any atom is 0.496 e. The maximum absolute atomic E-state index is 13.4. The predicted octanol–water partition coefficient (Wildman–Crippen LogP) is 6.77. The van der Waals surface area contributed by atoms with E-state index in [4.69, 9.17) is 31.4 Å². The van der Waals surface area contributed by atoms with Crippen LogP contribution in [-0.2, 0) is 9.31 Å². The minimum atomic E-state index is -0.776. The van der Waals surface area contributed by atoms with Crippen molar-refractivity contribution in [1.29, 1.82) is 10.5 Å². The molecule has 3 heterocycles. The Hall–Kier alpha value is -4.29. The molecule has 2 aromatic carbocycles. The van der Waals surface area contributed by atoms with Crippen LogP contribution in [0.3, 0.4) is 0 Å². The van der Waals surface area contributed by atoms with Crippen molar-refractivity contribution in [1.82, 2.24) is 9.97 Å². The molecule has 0 spiro atoms. The molecular formula is C30H24BClF4N4O2. The zero-order valence-electron chi connectivity index (χ0n) is 23.0. The second-order valence-electron chi connectivity index (χ2n) is 9.85. The van der Waals surface area contributed by atoms with E-state index >= 15 is 0 Å². The Bertz CT molecular complexity index is 1640. The molecule has 0 N–H and O–H groups in total. The first-order valence-corrected chi connectivity index (χ1v) is 12.8. The van der Waals surface area contributed by atoms with E-state index in [0.29, 0.717) is 16.7 Å². The van der Waals surface area contributed by atoms with E-state index in [1.807, 2.05) is 52.0 Å². The van der Waals surface area contributed by atoms with Gasteiger partial charge in [0.1, 0.15) is 5.82 Å². The first-order chi connectivity index (χ1) is 19.8. The lowest BCUT2D eigenvalue weighted by atomic mass is 9.76. The Morgan fingerprint density at radius 2 is 1.21 bits per heavy atom. The van der Waals surface area contributed by atoms with Gasteiger partial charge >= 0.3 is 7.12 Å². The summed E-state index contributed by atoms with van der Waals surface area (Å²) in [6.07, 6.45) is 1.54. The molecule has 2 aromatic heterocycles. The summed E-state index contributed by atoms with van der Waals surface area (Å²) in [5.74, 6) is -2.91. The summed E-state index contributed by atoms with van der Waals surface area (Å²) in [5.41, 5.74) is 1.36. The highest BCUT2D eigenvalue weighted by atomic mass is 35.5. The van der Waals surface area contributed by atoms with Crippen LogP contribution in [0.2, 0.25) is 5.02 Å². The van der Waals surface area contributed by atoms with Crippen molar-refractivity contribution >= 4 is 24.2 Å². The van der Waals surface area contributed by atoms with Gasteiger partial charge in [-0.2, -0.15) is 19.3 Å². The summed E-state index contributed by atoms with van der Waals surface area (Å²) in [6, 6.07) is 19.7. The van der Waals surface area contributed by atoms with Gasteiger partial charge in [-0.25, -0.2) is 18.7 Å². The standard InChI is InChI=1S/C13H16BNO2.C12H6F2N2.C5H2ClF2N/c1-12(2)13(3,4)17-14(16-12)11-8-6-5-7-10(11)9-15;13-11-7-16-12(14)5-10(11)9-4-2-1-3-8(9)6-15;6-3-1-5(8)9-2-4(3)7/h5-8H,1-4H3;1-5,7H;1-2H. The number of pyridine rings is 2. The monoisotopic (exact) mass is 594 g/mol. The maximum atomic E-state index is 13.4. The van der Waals surface area contributed by atoms with Gasteiger partial charge in [0.25, 0.3) is 0 Å². The van der Waals surface area contributed by atoms with Crippen LogP contribution >= 0.6 is 11.6 Å².